The summed E-state index contributed by atoms with van der Waals surface area (Å²) in [4.78, 5) is 44.4. The Morgan fingerprint density at radius 1 is 1.14 bits per heavy atom. The van der Waals surface area contributed by atoms with Crippen LogP contribution in [-0.4, -0.2) is 54.0 Å². The molecular weight excluding hydrogens is 391 g/mol. The zero-order valence-electron chi connectivity index (χ0n) is 14.9. The molecule has 0 saturated carbocycles. The van der Waals surface area contributed by atoms with Crippen LogP contribution in [0.2, 0.25) is 0 Å². The van der Waals surface area contributed by atoms with E-state index >= 15 is 0 Å². The number of ether oxygens (including phenoxy) is 1. The van der Waals surface area contributed by atoms with Gasteiger partial charge in [0.15, 0.2) is 6.23 Å². The molecule has 5 N–H and O–H groups in total. The van der Waals surface area contributed by atoms with E-state index in [2.05, 4.69) is 4.98 Å². The highest BCUT2D eigenvalue weighted by molar-refractivity contribution is 7.51. The van der Waals surface area contributed by atoms with E-state index in [9.17, 15) is 24.4 Å². The lowest BCUT2D eigenvalue weighted by Gasteiger charge is -2.21. The standard InChI is InChI=1S/C17H21N2O8P/c1-9-2-4-10(5-3-9)11-8-13(20)18-17(23)19(11)16-15(22)14(21)12(27-16)6-7-28(24,25)26/h2-5,8,12,14-16,21-22H,6-7H2,1H3,(H,18,20,23)(H2,24,25,26)/t12-,14-,15-,16-/m1/s1. The Morgan fingerprint density at radius 3 is 2.39 bits per heavy atom. The van der Waals surface area contributed by atoms with E-state index in [0.717, 1.165) is 10.1 Å². The summed E-state index contributed by atoms with van der Waals surface area (Å²) in [6, 6.07) is 8.15. The molecule has 10 nitrogen and oxygen atoms in total. The van der Waals surface area contributed by atoms with Crippen molar-refractivity contribution >= 4 is 7.60 Å². The lowest BCUT2D eigenvalue weighted by Crippen LogP contribution is -2.38. The number of aromatic amines is 1. The average Bonchev–Trinajstić information content (AvgIpc) is 2.87. The molecule has 0 spiro atoms. The van der Waals surface area contributed by atoms with Crippen LogP contribution < -0.4 is 11.2 Å². The van der Waals surface area contributed by atoms with E-state index in [1.165, 1.54) is 6.07 Å². The van der Waals surface area contributed by atoms with E-state index < -0.39 is 49.5 Å². The highest BCUT2D eigenvalue weighted by atomic mass is 31.2. The summed E-state index contributed by atoms with van der Waals surface area (Å²) in [7, 11) is -4.32. The van der Waals surface area contributed by atoms with Crippen molar-refractivity contribution in [3.8, 4) is 11.3 Å². The number of aliphatic hydroxyl groups excluding tert-OH is 2. The maximum absolute atomic E-state index is 12.5. The molecule has 0 amide bonds. The summed E-state index contributed by atoms with van der Waals surface area (Å²) in [6.45, 7) is 1.88. The molecule has 152 valence electrons. The Morgan fingerprint density at radius 2 is 1.79 bits per heavy atom. The van der Waals surface area contributed by atoms with Crippen molar-refractivity contribution in [2.45, 2.75) is 37.9 Å². The van der Waals surface area contributed by atoms with Crippen molar-refractivity contribution < 1.29 is 29.3 Å². The fraction of sp³-hybridized carbons (Fsp3) is 0.412. The van der Waals surface area contributed by atoms with Gasteiger partial charge in [-0.05, 0) is 18.9 Å². The van der Waals surface area contributed by atoms with E-state index in [1.807, 2.05) is 6.92 Å². The predicted molar refractivity (Wildman–Crippen MR) is 98.9 cm³/mol. The first-order valence-electron chi connectivity index (χ1n) is 8.56. The molecule has 4 atom stereocenters. The van der Waals surface area contributed by atoms with Gasteiger partial charge in [0.25, 0.3) is 5.56 Å². The largest absolute Gasteiger partial charge is 0.388 e. The maximum Gasteiger partial charge on any atom is 0.331 e. The van der Waals surface area contributed by atoms with Crippen LogP contribution in [0.25, 0.3) is 11.3 Å². The number of aliphatic hydroxyl groups is 2. The Bertz CT molecular complexity index is 1010. The summed E-state index contributed by atoms with van der Waals surface area (Å²) in [5.74, 6) is 0. The second-order valence-electron chi connectivity index (χ2n) is 6.78. The summed E-state index contributed by atoms with van der Waals surface area (Å²) < 4.78 is 17.7. The van der Waals surface area contributed by atoms with Gasteiger partial charge in [-0.3, -0.25) is 18.9 Å². The molecule has 28 heavy (non-hydrogen) atoms. The zero-order valence-corrected chi connectivity index (χ0v) is 15.8. The molecule has 1 aromatic heterocycles. The van der Waals surface area contributed by atoms with E-state index in [4.69, 9.17) is 14.5 Å². The molecule has 2 aromatic rings. The minimum Gasteiger partial charge on any atom is -0.388 e. The second kappa shape index (κ2) is 7.75. The molecule has 1 fully saturated rings. The van der Waals surface area contributed by atoms with Crippen molar-refractivity contribution in [3.05, 3.63) is 56.7 Å². The summed E-state index contributed by atoms with van der Waals surface area (Å²) in [5.41, 5.74) is 0.198. The predicted octanol–water partition coefficient (Wildman–Crippen LogP) is -0.301. The number of aromatic nitrogens is 2. The normalized spacial score (nSPS) is 25.2. The molecule has 0 aliphatic carbocycles. The van der Waals surface area contributed by atoms with Crippen LogP contribution in [0.5, 0.6) is 0 Å². The van der Waals surface area contributed by atoms with Crippen LogP contribution in [0.3, 0.4) is 0 Å². The Balaban J connectivity index is 2.01. The molecule has 0 radical (unpaired) electrons. The van der Waals surface area contributed by atoms with Crippen molar-refractivity contribution in [1.29, 1.82) is 0 Å². The first kappa shape index (κ1) is 20.7. The van der Waals surface area contributed by atoms with Gasteiger partial charge >= 0.3 is 13.3 Å². The lowest BCUT2D eigenvalue weighted by atomic mass is 10.1. The quantitative estimate of drug-likeness (QED) is 0.418. The maximum atomic E-state index is 12.5. The highest BCUT2D eigenvalue weighted by Gasteiger charge is 2.45. The van der Waals surface area contributed by atoms with E-state index in [1.54, 1.807) is 24.3 Å². The SMILES string of the molecule is Cc1ccc(-c2cc(=O)[nH]c(=O)n2[C@@H]2O[C@H](CCP(=O)(O)O)[C@@H](O)[C@H]2O)cc1. The molecule has 0 bridgehead atoms. The summed E-state index contributed by atoms with van der Waals surface area (Å²) in [5, 5.41) is 20.6. The molecular formula is C17H21N2O8P. The van der Waals surface area contributed by atoms with Crippen LogP contribution in [0.15, 0.2) is 39.9 Å². The number of hydrogen-bond donors (Lipinski definition) is 5. The fourth-order valence-electron chi connectivity index (χ4n) is 3.18. The van der Waals surface area contributed by atoms with Gasteiger partial charge in [0.1, 0.15) is 12.2 Å². The smallest absolute Gasteiger partial charge is 0.331 e. The second-order valence-corrected chi connectivity index (χ2v) is 8.56. The van der Waals surface area contributed by atoms with Gasteiger partial charge in [-0.1, -0.05) is 29.8 Å². The first-order chi connectivity index (χ1) is 13.1. The van der Waals surface area contributed by atoms with Crippen LogP contribution in [0.1, 0.15) is 18.2 Å². The highest BCUT2D eigenvalue weighted by Crippen LogP contribution is 2.39. The van der Waals surface area contributed by atoms with Gasteiger partial charge < -0.3 is 24.7 Å². The van der Waals surface area contributed by atoms with Crippen LogP contribution >= 0.6 is 7.60 Å². The number of aryl methyl sites for hydroxylation is 1. The Labute approximate surface area is 159 Å². The minimum atomic E-state index is -4.32. The van der Waals surface area contributed by atoms with Crippen molar-refractivity contribution in [2.75, 3.05) is 6.16 Å². The Hall–Kier alpha value is -2.07. The van der Waals surface area contributed by atoms with Crippen LogP contribution in [0.4, 0.5) is 0 Å². The third-order valence-electron chi connectivity index (χ3n) is 4.62. The molecule has 11 heteroatoms. The number of nitrogens with one attached hydrogen (secondary N) is 1. The van der Waals surface area contributed by atoms with Gasteiger partial charge in [-0.2, -0.15) is 0 Å². The molecule has 1 aromatic carbocycles. The van der Waals surface area contributed by atoms with Crippen LogP contribution in [0, 0.1) is 6.92 Å². The molecule has 1 saturated heterocycles. The Kier molecular flexibility index (Phi) is 5.72. The average molecular weight is 412 g/mol. The molecule has 0 unspecified atom stereocenters. The monoisotopic (exact) mass is 412 g/mol. The first-order valence-corrected chi connectivity index (χ1v) is 10.4. The van der Waals surface area contributed by atoms with Gasteiger partial charge in [0.05, 0.1) is 18.0 Å². The lowest BCUT2D eigenvalue weighted by molar-refractivity contribution is -0.0394. The molecule has 3 rings (SSSR count). The third-order valence-corrected chi connectivity index (χ3v) is 5.46. The van der Waals surface area contributed by atoms with Gasteiger partial charge in [-0.25, -0.2) is 4.79 Å². The summed E-state index contributed by atoms with van der Waals surface area (Å²) >= 11 is 0. The van der Waals surface area contributed by atoms with Crippen molar-refractivity contribution in [1.82, 2.24) is 9.55 Å². The van der Waals surface area contributed by atoms with Gasteiger partial charge in [0.2, 0.25) is 0 Å². The minimum absolute atomic E-state index is 0.181. The number of nitrogens with zero attached hydrogens (tertiary/aromatic N) is 1. The molecule has 1 aliphatic heterocycles. The van der Waals surface area contributed by atoms with Gasteiger partial charge in [-0.15, -0.1) is 0 Å². The fourth-order valence-corrected chi connectivity index (χ4v) is 3.77. The van der Waals surface area contributed by atoms with Crippen molar-refractivity contribution in [2.24, 2.45) is 0 Å². The molecule has 2 heterocycles. The van der Waals surface area contributed by atoms with E-state index in [0.29, 0.717) is 5.56 Å². The van der Waals surface area contributed by atoms with Crippen molar-refractivity contribution in [3.63, 3.8) is 0 Å². The number of H-pyrrole nitrogens is 1. The molecule has 1 aliphatic rings. The zero-order chi connectivity index (χ0) is 20.6. The number of benzene rings is 1. The van der Waals surface area contributed by atoms with Gasteiger partial charge in [0, 0.05) is 6.07 Å². The number of hydrogen-bond acceptors (Lipinski definition) is 6. The summed E-state index contributed by atoms with van der Waals surface area (Å²) in [6.07, 6.45) is -6.17. The van der Waals surface area contributed by atoms with E-state index in [-0.39, 0.29) is 12.1 Å². The number of rotatable bonds is 5. The third kappa shape index (κ3) is 4.33. The van der Waals surface area contributed by atoms with Crippen LogP contribution in [-0.2, 0) is 9.30 Å². The topological polar surface area (TPSA) is 162 Å².